The molecule has 0 heterocycles. The van der Waals surface area contributed by atoms with Crippen LogP contribution < -0.4 is 9.46 Å². The Morgan fingerprint density at radius 1 is 1.30 bits per heavy atom. The minimum absolute atomic E-state index is 0.0115. The fourth-order valence-corrected chi connectivity index (χ4v) is 4.70. The molecule has 1 N–H and O–H groups in total. The summed E-state index contributed by atoms with van der Waals surface area (Å²) in [5.74, 6) is 0.737. The van der Waals surface area contributed by atoms with Gasteiger partial charge in [0.15, 0.2) is 0 Å². The molecule has 1 aliphatic carbocycles. The summed E-state index contributed by atoms with van der Waals surface area (Å²) in [5.41, 5.74) is 0. The molecular weight excluding hydrogens is 342 g/mol. The summed E-state index contributed by atoms with van der Waals surface area (Å²) in [6.45, 7) is 2.10. The predicted molar refractivity (Wildman–Crippen MR) is 82.4 cm³/mol. The lowest BCUT2D eigenvalue weighted by atomic mass is 9.87. The topological polar surface area (TPSA) is 55.4 Å². The Labute approximate surface area is 129 Å². The van der Waals surface area contributed by atoms with Crippen LogP contribution in [0.3, 0.4) is 0 Å². The Bertz CT molecular complexity index is 574. The second-order valence-corrected chi connectivity index (χ2v) is 7.88. The third-order valence-corrected chi connectivity index (χ3v) is 5.84. The summed E-state index contributed by atoms with van der Waals surface area (Å²) in [6, 6.07) is 5.01. The summed E-state index contributed by atoms with van der Waals surface area (Å²) < 4.78 is 33.8. The van der Waals surface area contributed by atoms with Crippen LogP contribution >= 0.6 is 15.9 Å². The number of halogens is 1. The molecule has 6 heteroatoms. The quantitative estimate of drug-likeness (QED) is 0.894. The molecular formula is C14H20BrNO3S. The minimum Gasteiger partial charge on any atom is -0.495 e. The first-order chi connectivity index (χ1) is 9.44. The Morgan fingerprint density at radius 3 is 2.65 bits per heavy atom. The Kier molecular flexibility index (Phi) is 5.09. The molecule has 1 aromatic carbocycles. The maximum Gasteiger partial charge on any atom is 0.244 e. The van der Waals surface area contributed by atoms with Crippen LogP contribution in [0.4, 0.5) is 0 Å². The second kappa shape index (κ2) is 6.45. The van der Waals surface area contributed by atoms with Gasteiger partial charge in [-0.05, 0) is 37.0 Å². The highest BCUT2D eigenvalue weighted by Crippen LogP contribution is 2.30. The monoisotopic (exact) mass is 361 g/mol. The van der Waals surface area contributed by atoms with E-state index in [0.29, 0.717) is 11.7 Å². The molecule has 0 spiro atoms. The summed E-state index contributed by atoms with van der Waals surface area (Å²) in [6.07, 6.45) is 4.23. The molecule has 20 heavy (non-hydrogen) atoms. The molecule has 0 aliphatic heterocycles. The van der Waals surface area contributed by atoms with E-state index in [-0.39, 0.29) is 10.9 Å². The highest BCUT2D eigenvalue weighted by molar-refractivity contribution is 9.10. The molecule has 4 nitrogen and oxygen atoms in total. The van der Waals surface area contributed by atoms with Crippen molar-refractivity contribution in [3.63, 3.8) is 0 Å². The van der Waals surface area contributed by atoms with Gasteiger partial charge in [0.2, 0.25) is 10.0 Å². The SMILES string of the molecule is COc1ccc(Br)cc1S(=O)(=O)N[C@@H]1CCCC[C@H]1C. The van der Waals surface area contributed by atoms with Crippen molar-refractivity contribution in [3.05, 3.63) is 22.7 Å². The van der Waals surface area contributed by atoms with E-state index in [1.165, 1.54) is 13.5 Å². The van der Waals surface area contributed by atoms with Gasteiger partial charge < -0.3 is 4.74 Å². The molecule has 2 rings (SSSR count). The Balaban J connectivity index is 2.28. The van der Waals surface area contributed by atoms with Crippen molar-refractivity contribution in [1.29, 1.82) is 0 Å². The van der Waals surface area contributed by atoms with E-state index in [2.05, 4.69) is 27.6 Å². The van der Waals surface area contributed by atoms with Crippen LogP contribution in [0.5, 0.6) is 5.75 Å². The Hall–Kier alpha value is -0.590. The molecule has 1 saturated carbocycles. The smallest absolute Gasteiger partial charge is 0.244 e. The maximum absolute atomic E-state index is 12.6. The highest BCUT2D eigenvalue weighted by Gasteiger charge is 2.28. The molecule has 112 valence electrons. The lowest BCUT2D eigenvalue weighted by Crippen LogP contribution is -2.41. The van der Waals surface area contributed by atoms with Gasteiger partial charge in [-0.2, -0.15) is 0 Å². The standard InChI is InChI=1S/C14H20BrNO3S/c1-10-5-3-4-6-12(10)16-20(17,18)14-9-11(15)7-8-13(14)19-2/h7-10,12,16H,3-6H2,1-2H3/t10-,12-/m1/s1. The average molecular weight is 362 g/mol. The van der Waals surface area contributed by atoms with E-state index in [1.807, 2.05) is 0 Å². The molecule has 1 fully saturated rings. The van der Waals surface area contributed by atoms with E-state index in [0.717, 1.165) is 23.7 Å². The van der Waals surface area contributed by atoms with Gasteiger partial charge in [0.25, 0.3) is 0 Å². The van der Waals surface area contributed by atoms with Crippen LogP contribution in [0.2, 0.25) is 0 Å². The zero-order valence-corrected chi connectivity index (χ0v) is 14.1. The summed E-state index contributed by atoms with van der Waals surface area (Å²) in [4.78, 5) is 0.187. The summed E-state index contributed by atoms with van der Waals surface area (Å²) >= 11 is 3.31. The number of ether oxygens (including phenoxy) is 1. The molecule has 0 bridgehead atoms. The van der Waals surface area contributed by atoms with E-state index >= 15 is 0 Å². The van der Waals surface area contributed by atoms with E-state index in [9.17, 15) is 8.42 Å². The zero-order chi connectivity index (χ0) is 14.8. The van der Waals surface area contributed by atoms with Crippen LogP contribution in [0, 0.1) is 5.92 Å². The van der Waals surface area contributed by atoms with E-state index in [1.54, 1.807) is 18.2 Å². The van der Waals surface area contributed by atoms with Crippen molar-refractivity contribution in [2.45, 2.75) is 43.5 Å². The highest BCUT2D eigenvalue weighted by atomic mass is 79.9. The van der Waals surface area contributed by atoms with Crippen molar-refractivity contribution in [2.75, 3.05) is 7.11 Å². The molecule has 1 aromatic rings. The lowest BCUT2D eigenvalue weighted by molar-refractivity contribution is 0.310. The van der Waals surface area contributed by atoms with Crippen LogP contribution in [-0.4, -0.2) is 21.6 Å². The van der Waals surface area contributed by atoms with Gasteiger partial charge in [-0.25, -0.2) is 13.1 Å². The van der Waals surface area contributed by atoms with Gasteiger partial charge in [0, 0.05) is 10.5 Å². The van der Waals surface area contributed by atoms with Crippen molar-refractivity contribution in [2.24, 2.45) is 5.92 Å². The number of hydrogen-bond donors (Lipinski definition) is 1. The molecule has 0 saturated heterocycles. The molecule has 0 radical (unpaired) electrons. The maximum atomic E-state index is 12.6. The van der Waals surface area contributed by atoms with Crippen molar-refractivity contribution >= 4 is 26.0 Å². The number of sulfonamides is 1. The number of hydrogen-bond acceptors (Lipinski definition) is 3. The lowest BCUT2D eigenvalue weighted by Gasteiger charge is -2.29. The third-order valence-electron chi connectivity index (χ3n) is 3.83. The van der Waals surface area contributed by atoms with Crippen molar-refractivity contribution in [1.82, 2.24) is 4.72 Å². The molecule has 0 aromatic heterocycles. The first kappa shape index (κ1) is 15.8. The van der Waals surface area contributed by atoms with Crippen LogP contribution in [0.1, 0.15) is 32.6 Å². The second-order valence-electron chi connectivity index (χ2n) is 5.28. The molecule has 0 amide bonds. The number of rotatable bonds is 4. The molecule has 1 aliphatic rings. The van der Waals surface area contributed by atoms with Crippen molar-refractivity contribution in [3.8, 4) is 5.75 Å². The number of benzene rings is 1. The molecule has 2 atom stereocenters. The number of nitrogens with one attached hydrogen (secondary N) is 1. The first-order valence-electron chi connectivity index (χ1n) is 6.80. The average Bonchev–Trinajstić information content (AvgIpc) is 2.41. The van der Waals surface area contributed by atoms with Gasteiger partial charge >= 0.3 is 0 Å². The number of methoxy groups -OCH3 is 1. The van der Waals surface area contributed by atoms with Gasteiger partial charge in [-0.15, -0.1) is 0 Å². The van der Waals surface area contributed by atoms with Gasteiger partial charge in [0.1, 0.15) is 10.6 Å². The van der Waals surface area contributed by atoms with Crippen LogP contribution in [0.25, 0.3) is 0 Å². The summed E-state index contributed by atoms with van der Waals surface area (Å²) in [5, 5.41) is 0. The minimum atomic E-state index is -3.56. The first-order valence-corrected chi connectivity index (χ1v) is 9.07. The Morgan fingerprint density at radius 2 is 2.00 bits per heavy atom. The van der Waals surface area contributed by atoms with E-state index < -0.39 is 10.0 Å². The fourth-order valence-electron chi connectivity index (χ4n) is 2.61. The van der Waals surface area contributed by atoms with Gasteiger partial charge in [-0.3, -0.25) is 0 Å². The van der Waals surface area contributed by atoms with Gasteiger partial charge in [-0.1, -0.05) is 35.7 Å². The fraction of sp³-hybridized carbons (Fsp3) is 0.571. The normalized spacial score (nSPS) is 23.6. The predicted octanol–water partition coefficient (Wildman–Crippen LogP) is 3.31. The van der Waals surface area contributed by atoms with E-state index in [4.69, 9.17) is 4.74 Å². The largest absolute Gasteiger partial charge is 0.495 e. The molecule has 0 unspecified atom stereocenters. The van der Waals surface area contributed by atoms with Gasteiger partial charge in [0.05, 0.1) is 7.11 Å². The van der Waals surface area contributed by atoms with Crippen molar-refractivity contribution < 1.29 is 13.2 Å². The summed E-state index contributed by atoms with van der Waals surface area (Å²) in [7, 11) is -2.09. The third kappa shape index (κ3) is 3.54. The zero-order valence-electron chi connectivity index (χ0n) is 11.7. The van der Waals surface area contributed by atoms with Crippen LogP contribution in [-0.2, 0) is 10.0 Å². The van der Waals surface area contributed by atoms with Crippen LogP contribution in [0.15, 0.2) is 27.6 Å².